The van der Waals surface area contributed by atoms with Crippen LogP contribution in [0.1, 0.15) is 13.3 Å². The molecule has 4 heteroatoms. The molecule has 0 aliphatic heterocycles. The molecule has 0 saturated carbocycles. The number of hydrogen-bond donors (Lipinski definition) is 0. The van der Waals surface area contributed by atoms with E-state index in [9.17, 15) is 0 Å². The fraction of sp³-hybridized carbons (Fsp3) is 0.583. The first-order valence-corrected chi connectivity index (χ1v) is 6.44. The Kier molecular flexibility index (Phi) is 5.77. The Bertz CT molecular complexity index is 298. The molecule has 0 radical (unpaired) electrons. The summed E-state index contributed by atoms with van der Waals surface area (Å²) in [6.07, 6.45) is 3.00. The number of hydrogen-bond acceptors (Lipinski definition) is 3. The maximum absolute atomic E-state index is 4.44. The molecule has 90 valence electrons. The van der Waals surface area contributed by atoms with Crippen molar-refractivity contribution in [2.45, 2.75) is 13.3 Å². The van der Waals surface area contributed by atoms with Gasteiger partial charge in [0.15, 0.2) is 0 Å². The smallest absolute Gasteiger partial charge is 0.128 e. The highest BCUT2D eigenvalue weighted by molar-refractivity contribution is 9.10. The second-order valence-electron chi connectivity index (χ2n) is 4.12. The van der Waals surface area contributed by atoms with Crippen molar-refractivity contribution in [1.82, 2.24) is 9.88 Å². The van der Waals surface area contributed by atoms with Crippen LogP contribution in [0, 0.1) is 0 Å². The SMILES string of the molecule is CCCN(CCN(C)C)c1ccc(Br)cn1. The summed E-state index contributed by atoms with van der Waals surface area (Å²) >= 11 is 3.41. The van der Waals surface area contributed by atoms with E-state index in [1.165, 1.54) is 0 Å². The fourth-order valence-electron chi connectivity index (χ4n) is 1.49. The van der Waals surface area contributed by atoms with Gasteiger partial charge in [-0.05, 0) is 48.6 Å². The lowest BCUT2D eigenvalue weighted by Crippen LogP contribution is -2.32. The molecular formula is C12H20BrN3. The average molecular weight is 286 g/mol. The predicted octanol–water partition coefficient (Wildman–Crippen LogP) is 2.62. The molecule has 0 unspecified atom stereocenters. The first-order valence-electron chi connectivity index (χ1n) is 5.64. The van der Waals surface area contributed by atoms with E-state index in [0.717, 1.165) is 36.3 Å². The summed E-state index contributed by atoms with van der Waals surface area (Å²) in [7, 11) is 4.19. The van der Waals surface area contributed by atoms with Gasteiger partial charge in [-0.1, -0.05) is 6.92 Å². The zero-order valence-corrected chi connectivity index (χ0v) is 11.9. The monoisotopic (exact) mass is 285 g/mol. The van der Waals surface area contributed by atoms with Crippen molar-refractivity contribution < 1.29 is 0 Å². The lowest BCUT2D eigenvalue weighted by atomic mass is 10.3. The van der Waals surface area contributed by atoms with Crippen molar-refractivity contribution >= 4 is 21.7 Å². The summed E-state index contributed by atoms with van der Waals surface area (Å²) in [6.45, 7) is 5.33. The van der Waals surface area contributed by atoms with E-state index >= 15 is 0 Å². The van der Waals surface area contributed by atoms with Crippen LogP contribution in [-0.4, -0.2) is 43.6 Å². The summed E-state index contributed by atoms with van der Waals surface area (Å²) < 4.78 is 1.03. The molecule has 0 atom stereocenters. The summed E-state index contributed by atoms with van der Waals surface area (Å²) in [5.41, 5.74) is 0. The van der Waals surface area contributed by atoms with Gasteiger partial charge in [-0.2, -0.15) is 0 Å². The number of rotatable bonds is 6. The molecule has 1 aromatic heterocycles. The van der Waals surface area contributed by atoms with Crippen LogP contribution < -0.4 is 4.90 Å². The Balaban J connectivity index is 2.64. The largest absolute Gasteiger partial charge is 0.355 e. The van der Waals surface area contributed by atoms with Crippen molar-refractivity contribution in [2.75, 3.05) is 38.6 Å². The molecule has 1 heterocycles. The maximum atomic E-state index is 4.44. The fourth-order valence-corrected chi connectivity index (χ4v) is 1.72. The first-order chi connectivity index (χ1) is 7.63. The van der Waals surface area contributed by atoms with Crippen LogP contribution in [0.25, 0.3) is 0 Å². The van der Waals surface area contributed by atoms with Gasteiger partial charge >= 0.3 is 0 Å². The first kappa shape index (κ1) is 13.5. The molecule has 0 saturated heterocycles. The molecule has 0 spiro atoms. The second-order valence-corrected chi connectivity index (χ2v) is 5.04. The lowest BCUT2D eigenvalue weighted by molar-refractivity contribution is 0.412. The van der Waals surface area contributed by atoms with Crippen LogP contribution in [0.5, 0.6) is 0 Å². The highest BCUT2D eigenvalue weighted by Crippen LogP contribution is 2.14. The van der Waals surface area contributed by atoms with Crippen LogP contribution in [0.2, 0.25) is 0 Å². The van der Waals surface area contributed by atoms with Crippen molar-refractivity contribution in [1.29, 1.82) is 0 Å². The number of nitrogens with zero attached hydrogens (tertiary/aromatic N) is 3. The molecule has 0 amide bonds. The molecule has 0 aliphatic carbocycles. The molecule has 3 nitrogen and oxygen atoms in total. The summed E-state index contributed by atoms with van der Waals surface area (Å²) in [4.78, 5) is 8.96. The lowest BCUT2D eigenvalue weighted by Gasteiger charge is -2.24. The minimum atomic E-state index is 1.02. The Morgan fingerprint density at radius 3 is 2.44 bits per heavy atom. The molecule has 0 bridgehead atoms. The Morgan fingerprint density at radius 2 is 1.94 bits per heavy atom. The molecule has 16 heavy (non-hydrogen) atoms. The topological polar surface area (TPSA) is 19.4 Å². The number of likely N-dealkylation sites (N-methyl/N-ethyl adjacent to an activating group) is 1. The highest BCUT2D eigenvalue weighted by atomic mass is 79.9. The van der Waals surface area contributed by atoms with E-state index in [1.54, 1.807) is 0 Å². The van der Waals surface area contributed by atoms with E-state index < -0.39 is 0 Å². The summed E-state index contributed by atoms with van der Waals surface area (Å²) in [6, 6.07) is 4.11. The van der Waals surface area contributed by atoms with Crippen LogP contribution in [0.4, 0.5) is 5.82 Å². The van der Waals surface area contributed by atoms with Gasteiger partial charge in [-0.25, -0.2) is 4.98 Å². The molecular weight excluding hydrogens is 266 g/mol. The standard InChI is InChI=1S/C12H20BrN3/c1-4-7-16(9-8-15(2)3)12-6-5-11(13)10-14-12/h5-6,10H,4,7-9H2,1-3H3. The van der Waals surface area contributed by atoms with Crippen molar-refractivity contribution in [3.8, 4) is 0 Å². The second kappa shape index (κ2) is 6.86. The highest BCUT2D eigenvalue weighted by Gasteiger charge is 2.06. The van der Waals surface area contributed by atoms with Gasteiger partial charge in [0.05, 0.1) is 0 Å². The number of halogens is 1. The third-order valence-corrected chi connectivity index (χ3v) is 2.82. The van der Waals surface area contributed by atoms with Crippen LogP contribution in [0.3, 0.4) is 0 Å². The maximum Gasteiger partial charge on any atom is 0.128 e. The quantitative estimate of drug-likeness (QED) is 0.801. The van der Waals surface area contributed by atoms with E-state index in [-0.39, 0.29) is 0 Å². The van der Waals surface area contributed by atoms with Crippen LogP contribution in [0.15, 0.2) is 22.8 Å². The molecule has 1 aromatic rings. The van der Waals surface area contributed by atoms with Gasteiger partial charge in [0.25, 0.3) is 0 Å². The predicted molar refractivity (Wildman–Crippen MR) is 73.0 cm³/mol. The molecule has 0 fully saturated rings. The molecule has 0 N–H and O–H groups in total. The van der Waals surface area contributed by atoms with Gasteiger partial charge < -0.3 is 9.80 Å². The van der Waals surface area contributed by atoms with Gasteiger partial charge in [-0.15, -0.1) is 0 Å². The Morgan fingerprint density at radius 1 is 1.19 bits per heavy atom. The minimum Gasteiger partial charge on any atom is -0.355 e. The van der Waals surface area contributed by atoms with Gasteiger partial charge in [0.2, 0.25) is 0 Å². The van der Waals surface area contributed by atoms with E-state index in [0.29, 0.717) is 0 Å². The van der Waals surface area contributed by atoms with Crippen molar-refractivity contribution in [3.63, 3.8) is 0 Å². The Hall–Kier alpha value is -0.610. The minimum absolute atomic E-state index is 1.02. The van der Waals surface area contributed by atoms with Crippen LogP contribution in [-0.2, 0) is 0 Å². The molecule has 0 aromatic carbocycles. The van der Waals surface area contributed by atoms with Gasteiger partial charge in [0.1, 0.15) is 5.82 Å². The van der Waals surface area contributed by atoms with Gasteiger partial charge in [-0.3, -0.25) is 0 Å². The number of anilines is 1. The zero-order chi connectivity index (χ0) is 12.0. The summed E-state index contributed by atoms with van der Waals surface area (Å²) in [5, 5.41) is 0. The Labute approximate surface area is 107 Å². The third-order valence-electron chi connectivity index (χ3n) is 2.35. The zero-order valence-electron chi connectivity index (χ0n) is 10.3. The molecule has 0 aliphatic rings. The van der Waals surface area contributed by atoms with Crippen molar-refractivity contribution in [3.05, 3.63) is 22.8 Å². The number of pyridine rings is 1. The number of aromatic nitrogens is 1. The van der Waals surface area contributed by atoms with E-state index in [2.05, 4.69) is 57.8 Å². The third kappa shape index (κ3) is 4.49. The summed E-state index contributed by atoms with van der Waals surface area (Å²) in [5.74, 6) is 1.06. The molecule has 1 rings (SSSR count). The average Bonchev–Trinajstić information content (AvgIpc) is 2.25. The van der Waals surface area contributed by atoms with E-state index in [4.69, 9.17) is 0 Å². The van der Waals surface area contributed by atoms with Gasteiger partial charge in [0, 0.05) is 30.3 Å². The van der Waals surface area contributed by atoms with Crippen LogP contribution >= 0.6 is 15.9 Å². The normalized spacial score (nSPS) is 10.8. The van der Waals surface area contributed by atoms with Crippen molar-refractivity contribution in [2.24, 2.45) is 0 Å². The van der Waals surface area contributed by atoms with E-state index in [1.807, 2.05) is 12.3 Å².